The van der Waals surface area contributed by atoms with Crippen LogP contribution < -0.4 is 0 Å². The third-order valence-corrected chi connectivity index (χ3v) is 4.19. The van der Waals surface area contributed by atoms with Crippen LogP contribution in [0.15, 0.2) is 17.3 Å². The fourth-order valence-corrected chi connectivity index (χ4v) is 2.96. The molecule has 0 spiro atoms. The Hall–Kier alpha value is -1.41. The van der Waals surface area contributed by atoms with E-state index in [-0.39, 0.29) is 10.9 Å². The van der Waals surface area contributed by atoms with Crippen LogP contribution in [0.1, 0.15) is 12.8 Å². The van der Waals surface area contributed by atoms with Crippen molar-refractivity contribution >= 4 is 16.0 Å². The number of aromatic amines is 1. The zero-order valence-corrected chi connectivity index (χ0v) is 9.14. The number of nitrogens with zero attached hydrogens (tertiary/aromatic N) is 2. The van der Waals surface area contributed by atoms with Gasteiger partial charge in [-0.25, -0.2) is 8.42 Å². The van der Waals surface area contributed by atoms with Crippen molar-refractivity contribution < 1.29 is 18.3 Å². The highest BCUT2D eigenvalue weighted by Gasteiger charge is 2.39. The van der Waals surface area contributed by atoms with E-state index in [2.05, 4.69) is 10.2 Å². The smallest absolute Gasteiger partial charge is 0.318 e. The summed E-state index contributed by atoms with van der Waals surface area (Å²) in [6.45, 7) is -0.502. The van der Waals surface area contributed by atoms with Crippen molar-refractivity contribution in [2.75, 3.05) is 6.54 Å². The molecule has 16 heavy (non-hydrogen) atoms. The quantitative estimate of drug-likeness (QED) is 0.737. The number of carboxylic acids is 1. The van der Waals surface area contributed by atoms with Crippen LogP contribution in [0.5, 0.6) is 0 Å². The SMILES string of the molecule is O=C(O)CN(C1CC1)S(=O)(=O)c1cn[nH]c1. The van der Waals surface area contributed by atoms with Crippen molar-refractivity contribution in [1.82, 2.24) is 14.5 Å². The van der Waals surface area contributed by atoms with Gasteiger partial charge in [-0.3, -0.25) is 9.89 Å². The first kappa shape index (κ1) is 11.1. The summed E-state index contributed by atoms with van der Waals surface area (Å²) in [7, 11) is -3.73. The topological polar surface area (TPSA) is 103 Å². The van der Waals surface area contributed by atoms with Gasteiger partial charge < -0.3 is 5.11 Å². The Morgan fingerprint density at radius 2 is 2.31 bits per heavy atom. The molecule has 1 aliphatic rings. The van der Waals surface area contributed by atoms with Gasteiger partial charge >= 0.3 is 5.97 Å². The molecule has 88 valence electrons. The lowest BCUT2D eigenvalue weighted by atomic mass is 10.6. The number of sulfonamides is 1. The van der Waals surface area contributed by atoms with Gasteiger partial charge in [-0.1, -0.05) is 0 Å². The maximum atomic E-state index is 12.0. The van der Waals surface area contributed by atoms with Crippen LogP contribution in [0.3, 0.4) is 0 Å². The molecule has 0 saturated heterocycles. The van der Waals surface area contributed by atoms with Crippen LogP contribution in [0, 0.1) is 0 Å². The van der Waals surface area contributed by atoms with Gasteiger partial charge in [0.2, 0.25) is 10.0 Å². The molecule has 1 saturated carbocycles. The van der Waals surface area contributed by atoms with E-state index in [1.807, 2.05) is 0 Å². The maximum Gasteiger partial charge on any atom is 0.318 e. The largest absolute Gasteiger partial charge is 0.480 e. The second-order valence-corrected chi connectivity index (χ2v) is 5.50. The van der Waals surface area contributed by atoms with Gasteiger partial charge in [-0.2, -0.15) is 9.40 Å². The Morgan fingerprint density at radius 3 is 2.75 bits per heavy atom. The summed E-state index contributed by atoms with van der Waals surface area (Å²) < 4.78 is 25.0. The molecule has 0 atom stereocenters. The number of aliphatic carboxylic acids is 1. The molecule has 7 nitrogen and oxygen atoms in total. The van der Waals surface area contributed by atoms with Crippen LogP contribution in [-0.4, -0.2) is 46.6 Å². The lowest BCUT2D eigenvalue weighted by Crippen LogP contribution is -2.37. The van der Waals surface area contributed by atoms with Crippen molar-refractivity contribution in [1.29, 1.82) is 0 Å². The molecule has 1 heterocycles. The highest BCUT2D eigenvalue weighted by Crippen LogP contribution is 2.31. The molecular formula is C8H11N3O4S. The number of H-pyrrole nitrogens is 1. The normalized spacial score (nSPS) is 16.6. The molecule has 8 heteroatoms. The van der Waals surface area contributed by atoms with E-state index >= 15 is 0 Å². The molecule has 0 aromatic carbocycles. The second-order valence-electron chi connectivity index (χ2n) is 3.61. The lowest BCUT2D eigenvalue weighted by molar-refractivity contribution is -0.137. The molecule has 2 N–H and O–H groups in total. The van der Waals surface area contributed by atoms with Crippen LogP contribution in [-0.2, 0) is 14.8 Å². The van der Waals surface area contributed by atoms with Crippen molar-refractivity contribution in [2.45, 2.75) is 23.8 Å². The molecule has 1 aromatic heterocycles. The number of hydrogen-bond acceptors (Lipinski definition) is 4. The molecule has 0 radical (unpaired) electrons. The highest BCUT2D eigenvalue weighted by molar-refractivity contribution is 7.89. The number of carbonyl (C=O) groups is 1. The fraction of sp³-hybridized carbons (Fsp3) is 0.500. The zero-order chi connectivity index (χ0) is 11.8. The van der Waals surface area contributed by atoms with E-state index in [0.717, 1.165) is 4.31 Å². The zero-order valence-electron chi connectivity index (χ0n) is 8.33. The van der Waals surface area contributed by atoms with Gasteiger partial charge in [0, 0.05) is 12.2 Å². The number of rotatable bonds is 5. The molecular weight excluding hydrogens is 234 g/mol. The van der Waals surface area contributed by atoms with Crippen LogP contribution >= 0.6 is 0 Å². The Balaban J connectivity index is 2.29. The standard InChI is InChI=1S/C8H11N3O4S/c12-8(13)5-11(6-1-2-6)16(14,15)7-3-9-10-4-7/h3-4,6H,1-2,5H2,(H,9,10)(H,12,13). The van der Waals surface area contributed by atoms with Gasteiger partial charge in [0.25, 0.3) is 0 Å². The van der Waals surface area contributed by atoms with Gasteiger partial charge in [-0.15, -0.1) is 0 Å². The van der Waals surface area contributed by atoms with E-state index in [0.29, 0.717) is 12.8 Å². The molecule has 1 aliphatic carbocycles. The van der Waals surface area contributed by atoms with Gasteiger partial charge in [0.05, 0.1) is 6.20 Å². The number of aromatic nitrogens is 2. The van der Waals surface area contributed by atoms with Gasteiger partial charge in [0.1, 0.15) is 11.4 Å². The van der Waals surface area contributed by atoms with Crippen LogP contribution in [0.2, 0.25) is 0 Å². The summed E-state index contributed by atoms with van der Waals surface area (Å²) >= 11 is 0. The molecule has 1 aromatic rings. The minimum atomic E-state index is -3.73. The summed E-state index contributed by atoms with van der Waals surface area (Å²) in [5.41, 5.74) is 0. The van der Waals surface area contributed by atoms with Crippen molar-refractivity contribution in [2.24, 2.45) is 0 Å². The molecule has 2 rings (SSSR count). The third-order valence-electron chi connectivity index (χ3n) is 2.32. The van der Waals surface area contributed by atoms with Gasteiger partial charge in [0.15, 0.2) is 0 Å². The minimum Gasteiger partial charge on any atom is -0.480 e. The maximum absolute atomic E-state index is 12.0. The number of hydrogen-bond donors (Lipinski definition) is 2. The average molecular weight is 245 g/mol. The van der Waals surface area contributed by atoms with Crippen LogP contribution in [0.25, 0.3) is 0 Å². The average Bonchev–Trinajstić information content (AvgIpc) is 2.86. The monoisotopic (exact) mass is 245 g/mol. The van der Waals surface area contributed by atoms with E-state index in [1.165, 1.54) is 12.4 Å². The second kappa shape index (κ2) is 3.87. The predicted molar refractivity (Wildman–Crippen MR) is 53.1 cm³/mol. The summed E-state index contributed by atoms with van der Waals surface area (Å²) in [6, 6.07) is -0.184. The summed E-state index contributed by atoms with van der Waals surface area (Å²) in [6.07, 6.45) is 3.84. The van der Waals surface area contributed by atoms with Crippen LogP contribution in [0.4, 0.5) is 0 Å². The molecule has 0 unspecified atom stereocenters. The molecule has 0 amide bonds. The Morgan fingerprint density at radius 1 is 1.62 bits per heavy atom. The molecule has 0 aliphatic heterocycles. The first-order valence-electron chi connectivity index (χ1n) is 4.74. The lowest BCUT2D eigenvalue weighted by Gasteiger charge is -2.18. The number of carboxylic acid groups (broad SMARTS) is 1. The Bertz CT molecular complexity index is 477. The van der Waals surface area contributed by atoms with Crippen molar-refractivity contribution in [3.8, 4) is 0 Å². The van der Waals surface area contributed by atoms with Gasteiger partial charge in [-0.05, 0) is 12.8 Å². The highest BCUT2D eigenvalue weighted by atomic mass is 32.2. The van der Waals surface area contributed by atoms with E-state index in [1.54, 1.807) is 0 Å². The third kappa shape index (κ3) is 2.07. The van der Waals surface area contributed by atoms with E-state index < -0.39 is 22.5 Å². The number of nitrogens with one attached hydrogen (secondary N) is 1. The summed E-state index contributed by atoms with van der Waals surface area (Å²) in [5.74, 6) is -1.15. The Kier molecular flexibility index (Phi) is 2.68. The molecule has 0 bridgehead atoms. The fourth-order valence-electron chi connectivity index (χ4n) is 1.42. The summed E-state index contributed by atoms with van der Waals surface area (Å²) in [4.78, 5) is 10.6. The first-order chi connectivity index (χ1) is 7.51. The van der Waals surface area contributed by atoms with Crippen molar-refractivity contribution in [3.63, 3.8) is 0 Å². The predicted octanol–water partition coefficient (Wildman–Crippen LogP) is -0.353. The van der Waals surface area contributed by atoms with E-state index in [9.17, 15) is 13.2 Å². The minimum absolute atomic E-state index is 0.000602. The van der Waals surface area contributed by atoms with E-state index in [4.69, 9.17) is 5.11 Å². The molecule has 1 fully saturated rings. The summed E-state index contributed by atoms with van der Waals surface area (Å²) in [5, 5.41) is 14.6. The Labute approximate surface area is 92.1 Å². The first-order valence-corrected chi connectivity index (χ1v) is 6.18. The van der Waals surface area contributed by atoms with Crippen molar-refractivity contribution in [3.05, 3.63) is 12.4 Å².